The molecular weight excluding hydrogens is 567 g/mol. The molecule has 1 heterocycles. The van der Waals surface area contributed by atoms with Crippen molar-refractivity contribution < 1.29 is 42.2 Å². The molecule has 0 saturated carbocycles. The Balaban J connectivity index is 1.89. The summed E-state index contributed by atoms with van der Waals surface area (Å²) in [5.41, 5.74) is 7.24. The number of imide groups is 1. The van der Waals surface area contributed by atoms with E-state index in [-0.39, 0.29) is 49.2 Å². The molecule has 41 heavy (non-hydrogen) atoms. The Morgan fingerprint density at radius 1 is 1.24 bits per heavy atom. The van der Waals surface area contributed by atoms with Gasteiger partial charge in [0.1, 0.15) is 5.75 Å². The second-order valence-corrected chi connectivity index (χ2v) is 10.2. The van der Waals surface area contributed by atoms with Gasteiger partial charge >= 0.3 is 12.1 Å². The third-order valence-electron chi connectivity index (χ3n) is 6.86. The van der Waals surface area contributed by atoms with E-state index >= 15 is 0 Å². The normalized spacial score (nSPS) is 17.7. The van der Waals surface area contributed by atoms with Gasteiger partial charge in [-0.3, -0.25) is 14.5 Å². The number of methoxy groups -OCH3 is 1. The number of carboxylic acids is 1. The van der Waals surface area contributed by atoms with Gasteiger partial charge in [-0.15, -0.1) is 0 Å². The van der Waals surface area contributed by atoms with Gasteiger partial charge < -0.3 is 20.4 Å². The molecule has 0 bridgehead atoms. The van der Waals surface area contributed by atoms with E-state index in [9.17, 15) is 32.7 Å². The van der Waals surface area contributed by atoms with Crippen LogP contribution in [-0.4, -0.2) is 59.9 Å². The molecule has 1 unspecified atom stereocenters. The summed E-state index contributed by atoms with van der Waals surface area (Å²) < 4.78 is 43.3. The van der Waals surface area contributed by atoms with Crippen molar-refractivity contribution in [1.82, 2.24) is 4.90 Å². The Labute approximate surface area is 240 Å². The standard InChI is InChI=1S/C28H31ClF3N3O6/c1-3-16(17-5-8-22(27(38)39)23(33)12-17)13-25(36)35-14-21(34-41-15-28(30,31)32)7-4-18(26(35)37)10-19-11-20(29)6-9-24(19)40-2/h5-6,8-9,11-12,16,18H,3-4,7,10,13-15,33H2,1-2H3,(H,38,39)/b34-21+/t16-,18?/m0/s1. The van der Waals surface area contributed by atoms with Crippen LogP contribution in [0.2, 0.25) is 5.02 Å². The van der Waals surface area contributed by atoms with Gasteiger partial charge in [0.2, 0.25) is 18.4 Å². The fourth-order valence-corrected chi connectivity index (χ4v) is 4.91. The molecule has 1 fully saturated rings. The lowest BCUT2D eigenvalue weighted by molar-refractivity contribution is -0.174. The van der Waals surface area contributed by atoms with E-state index in [1.807, 2.05) is 6.92 Å². The molecule has 0 spiro atoms. The van der Waals surface area contributed by atoms with E-state index in [4.69, 9.17) is 22.1 Å². The number of nitrogen functional groups attached to an aromatic ring is 1. The predicted molar refractivity (Wildman–Crippen MR) is 146 cm³/mol. The summed E-state index contributed by atoms with van der Waals surface area (Å²) in [4.78, 5) is 44.1. The lowest BCUT2D eigenvalue weighted by atomic mass is 9.90. The Morgan fingerprint density at radius 3 is 2.59 bits per heavy atom. The van der Waals surface area contributed by atoms with Gasteiger partial charge in [0.25, 0.3) is 0 Å². The van der Waals surface area contributed by atoms with Crippen LogP contribution in [0.25, 0.3) is 0 Å². The van der Waals surface area contributed by atoms with E-state index in [0.29, 0.717) is 28.3 Å². The molecule has 2 aromatic carbocycles. The molecule has 2 atom stereocenters. The number of amides is 2. The van der Waals surface area contributed by atoms with Crippen LogP contribution in [0, 0.1) is 5.92 Å². The van der Waals surface area contributed by atoms with E-state index in [2.05, 4.69) is 9.99 Å². The third-order valence-corrected chi connectivity index (χ3v) is 7.10. The van der Waals surface area contributed by atoms with Crippen LogP contribution in [-0.2, 0) is 20.8 Å². The maximum atomic E-state index is 13.7. The number of likely N-dealkylation sites (tertiary alicyclic amines) is 1. The molecule has 0 aliphatic carbocycles. The highest BCUT2D eigenvalue weighted by Crippen LogP contribution is 2.31. The second kappa shape index (κ2) is 13.7. The van der Waals surface area contributed by atoms with Crippen molar-refractivity contribution in [2.45, 2.75) is 51.1 Å². The fraction of sp³-hybridized carbons (Fsp3) is 0.429. The summed E-state index contributed by atoms with van der Waals surface area (Å²) in [6, 6.07) is 9.36. The minimum atomic E-state index is -4.60. The number of hydrogen-bond donors (Lipinski definition) is 2. The molecule has 0 radical (unpaired) electrons. The van der Waals surface area contributed by atoms with Crippen molar-refractivity contribution in [2.75, 3.05) is 26.0 Å². The van der Waals surface area contributed by atoms with Crippen molar-refractivity contribution in [3.05, 3.63) is 58.1 Å². The second-order valence-electron chi connectivity index (χ2n) is 9.72. The highest BCUT2D eigenvalue weighted by Gasteiger charge is 2.35. The molecule has 1 aliphatic heterocycles. The van der Waals surface area contributed by atoms with Gasteiger partial charge in [-0.1, -0.05) is 29.7 Å². The third kappa shape index (κ3) is 8.59. The minimum absolute atomic E-state index is 0.0403. The summed E-state index contributed by atoms with van der Waals surface area (Å²) >= 11 is 6.15. The molecule has 2 amide bonds. The first-order valence-electron chi connectivity index (χ1n) is 12.9. The summed E-state index contributed by atoms with van der Waals surface area (Å²) in [5.74, 6) is -2.87. The zero-order valence-corrected chi connectivity index (χ0v) is 23.3. The van der Waals surface area contributed by atoms with Gasteiger partial charge in [-0.05, 0) is 73.1 Å². The molecule has 9 nitrogen and oxygen atoms in total. The Kier molecular flexibility index (Phi) is 10.6. The molecule has 3 N–H and O–H groups in total. The highest BCUT2D eigenvalue weighted by molar-refractivity contribution is 6.30. The molecular formula is C28H31ClF3N3O6. The average molecular weight is 598 g/mol. The SMILES string of the molecule is CC[C@@H](CC(=O)N1C/C(=N/OCC(F)(F)F)CCC(Cc2cc(Cl)ccc2OC)C1=O)c1ccc(C(=O)O)c(N)c1. The van der Waals surface area contributed by atoms with Crippen molar-refractivity contribution in [2.24, 2.45) is 11.1 Å². The number of oxime groups is 1. The Bertz CT molecular complexity index is 1320. The summed E-state index contributed by atoms with van der Waals surface area (Å²) in [5, 5.41) is 13.3. The molecule has 1 saturated heterocycles. The predicted octanol–water partition coefficient (Wildman–Crippen LogP) is 5.46. The van der Waals surface area contributed by atoms with Crippen LogP contribution < -0.4 is 10.5 Å². The molecule has 0 aromatic heterocycles. The van der Waals surface area contributed by atoms with Crippen molar-refractivity contribution in [3.8, 4) is 5.75 Å². The fourth-order valence-electron chi connectivity index (χ4n) is 4.72. The number of carbonyl (C=O) groups excluding carboxylic acids is 2. The van der Waals surface area contributed by atoms with Gasteiger partial charge in [-0.25, -0.2) is 4.79 Å². The maximum Gasteiger partial charge on any atom is 0.425 e. The number of alkyl halides is 3. The largest absolute Gasteiger partial charge is 0.496 e. The van der Waals surface area contributed by atoms with Crippen molar-refractivity contribution >= 4 is 40.8 Å². The van der Waals surface area contributed by atoms with Crippen LogP contribution in [0.3, 0.4) is 0 Å². The summed E-state index contributed by atoms with van der Waals surface area (Å²) in [7, 11) is 1.47. The summed E-state index contributed by atoms with van der Waals surface area (Å²) in [6.07, 6.45) is -3.75. The zero-order valence-electron chi connectivity index (χ0n) is 22.5. The minimum Gasteiger partial charge on any atom is -0.496 e. The van der Waals surface area contributed by atoms with Crippen LogP contribution in [0.5, 0.6) is 5.75 Å². The number of hydrogen-bond acceptors (Lipinski definition) is 7. The number of halogens is 4. The highest BCUT2D eigenvalue weighted by atomic mass is 35.5. The van der Waals surface area contributed by atoms with Crippen molar-refractivity contribution in [1.29, 1.82) is 0 Å². The van der Waals surface area contributed by atoms with Gasteiger partial charge in [0.05, 0.1) is 24.9 Å². The van der Waals surface area contributed by atoms with Crippen LogP contribution in [0.4, 0.5) is 18.9 Å². The van der Waals surface area contributed by atoms with Crippen LogP contribution in [0.1, 0.15) is 60.0 Å². The number of carbonyl (C=O) groups is 3. The quantitative estimate of drug-likeness (QED) is 0.275. The Hall–Kier alpha value is -3.80. The first-order chi connectivity index (χ1) is 19.3. The van der Waals surface area contributed by atoms with Gasteiger partial charge in [0.15, 0.2) is 0 Å². The zero-order chi connectivity index (χ0) is 30.3. The number of benzene rings is 2. The number of nitrogens with two attached hydrogens (primary N) is 1. The van der Waals surface area contributed by atoms with Crippen molar-refractivity contribution in [3.63, 3.8) is 0 Å². The Morgan fingerprint density at radius 2 is 1.98 bits per heavy atom. The van der Waals surface area contributed by atoms with E-state index < -0.39 is 42.4 Å². The first-order valence-corrected chi connectivity index (χ1v) is 13.2. The number of nitrogens with zero attached hydrogens (tertiary/aromatic N) is 2. The molecule has 13 heteroatoms. The summed E-state index contributed by atoms with van der Waals surface area (Å²) in [6.45, 7) is -0.0992. The molecule has 222 valence electrons. The lowest BCUT2D eigenvalue weighted by Crippen LogP contribution is -2.42. The van der Waals surface area contributed by atoms with E-state index in [1.165, 1.54) is 19.2 Å². The van der Waals surface area contributed by atoms with Gasteiger partial charge in [0, 0.05) is 23.0 Å². The maximum absolute atomic E-state index is 13.7. The molecule has 1 aliphatic rings. The number of rotatable bonds is 10. The molecule has 2 aromatic rings. The smallest absolute Gasteiger partial charge is 0.425 e. The number of aromatic carboxylic acids is 1. The average Bonchev–Trinajstić information content (AvgIpc) is 3.05. The molecule has 3 rings (SSSR count). The monoisotopic (exact) mass is 597 g/mol. The number of carboxylic acid groups (broad SMARTS) is 1. The van der Waals surface area contributed by atoms with E-state index in [1.54, 1.807) is 24.3 Å². The van der Waals surface area contributed by atoms with Gasteiger partial charge in [-0.2, -0.15) is 13.2 Å². The first kappa shape index (κ1) is 31.7. The van der Waals surface area contributed by atoms with Crippen LogP contribution >= 0.6 is 11.6 Å². The van der Waals surface area contributed by atoms with Crippen LogP contribution in [0.15, 0.2) is 41.6 Å². The van der Waals surface area contributed by atoms with E-state index in [0.717, 1.165) is 4.90 Å². The topological polar surface area (TPSA) is 132 Å². The number of ether oxygens (including phenoxy) is 1. The number of anilines is 1. The lowest BCUT2D eigenvalue weighted by Gasteiger charge is -2.25.